The molecule has 0 bridgehead atoms. The molecule has 1 aromatic heterocycles. The van der Waals surface area contributed by atoms with E-state index in [1.165, 1.54) is 12.8 Å². The Morgan fingerprint density at radius 1 is 1.30 bits per heavy atom. The van der Waals surface area contributed by atoms with E-state index in [2.05, 4.69) is 22.2 Å². The predicted molar refractivity (Wildman–Crippen MR) is 118 cm³/mol. The fourth-order valence-electron chi connectivity index (χ4n) is 3.81. The summed E-state index contributed by atoms with van der Waals surface area (Å²) in [5.74, 6) is 1.58. The molecule has 0 unspecified atom stereocenters. The molecule has 2 fully saturated rings. The van der Waals surface area contributed by atoms with Gasteiger partial charge in [-0.3, -0.25) is 4.68 Å². The van der Waals surface area contributed by atoms with Gasteiger partial charge >= 0.3 is 6.09 Å². The summed E-state index contributed by atoms with van der Waals surface area (Å²) < 4.78 is 7.51. The van der Waals surface area contributed by atoms with Crippen LogP contribution in [0.15, 0.2) is 17.4 Å². The largest absolute Gasteiger partial charge is 0.444 e. The number of aromatic nitrogens is 2. The molecule has 0 atom stereocenters. The van der Waals surface area contributed by atoms with Crippen LogP contribution in [0, 0.1) is 5.92 Å². The van der Waals surface area contributed by atoms with Gasteiger partial charge in [0, 0.05) is 51.0 Å². The Labute approximate surface area is 180 Å². The maximum atomic E-state index is 12.8. The van der Waals surface area contributed by atoms with Crippen molar-refractivity contribution in [1.29, 1.82) is 0 Å². The summed E-state index contributed by atoms with van der Waals surface area (Å²) in [6.07, 6.45) is 8.01. The lowest BCUT2D eigenvalue weighted by atomic mass is 10.0. The molecule has 2 aliphatic rings. The zero-order valence-electron chi connectivity index (χ0n) is 19.2. The number of amides is 1. The van der Waals surface area contributed by atoms with Crippen LogP contribution in [0.1, 0.15) is 58.9 Å². The number of hydrogen-bond donors (Lipinski definition) is 1. The number of piperidine rings is 1. The van der Waals surface area contributed by atoms with Crippen molar-refractivity contribution in [3.8, 4) is 0 Å². The van der Waals surface area contributed by atoms with Crippen LogP contribution >= 0.6 is 0 Å². The van der Waals surface area contributed by atoms with Crippen LogP contribution in [-0.4, -0.2) is 69.5 Å². The van der Waals surface area contributed by atoms with Crippen LogP contribution in [0.3, 0.4) is 0 Å². The van der Waals surface area contributed by atoms with E-state index >= 15 is 0 Å². The van der Waals surface area contributed by atoms with Gasteiger partial charge < -0.3 is 19.9 Å². The number of nitrogens with zero attached hydrogens (tertiary/aromatic N) is 5. The maximum absolute atomic E-state index is 12.8. The summed E-state index contributed by atoms with van der Waals surface area (Å²) in [6, 6.07) is 0.234. The zero-order chi connectivity index (χ0) is 21.7. The molecule has 1 saturated heterocycles. The highest BCUT2D eigenvalue weighted by atomic mass is 16.6. The molecule has 8 heteroatoms. The third-order valence-corrected chi connectivity index (χ3v) is 5.49. The van der Waals surface area contributed by atoms with E-state index in [0.717, 1.165) is 50.5 Å². The first-order valence-electron chi connectivity index (χ1n) is 11.3. The molecule has 1 aliphatic heterocycles. The van der Waals surface area contributed by atoms with E-state index in [1.54, 1.807) is 4.68 Å². The van der Waals surface area contributed by atoms with E-state index in [9.17, 15) is 4.79 Å². The number of hydrogen-bond acceptors (Lipinski definition) is 4. The number of ether oxygens (including phenoxy) is 1. The molecule has 1 saturated carbocycles. The molecule has 0 aromatic carbocycles. The number of aliphatic imine (C=N–C) groups is 1. The standard InChI is InChI=1S/C22H38N6O2/c1-6-23-20(24-13-18-14-25-26(5)15-18)27-11-9-19(10-12-27)28(16-17-7-8-17)21(29)30-22(2,3)4/h14-15,17,19H,6-13,16H2,1-5H3,(H,23,24). The van der Waals surface area contributed by atoms with Crippen LogP contribution in [0.4, 0.5) is 4.79 Å². The zero-order valence-corrected chi connectivity index (χ0v) is 19.2. The van der Waals surface area contributed by atoms with Gasteiger partial charge in [0.05, 0.1) is 12.7 Å². The molecule has 1 aromatic rings. The molecular formula is C22H38N6O2. The predicted octanol–water partition coefficient (Wildman–Crippen LogP) is 3.00. The Hall–Kier alpha value is -2.25. The molecule has 1 amide bonds. The lowest BCUT2D eigenvalue weighted by Crippen LogP contribution is -2.52. The van der Waals surface area contributed by atoms with Crippen molar-refractivity contribution in [1.82, 2.24) is 24.9 Å². The third kappa shape index (κ3) is 6.64. The van der Waals surface area contributed by atoms with Gasteiger partial charge in [-0.2, -0.15) is 5.10 Å². The number of nitrogens with one attached hydrogen (secondary N) is 1. The molecule has 1 N–H and O–H groups in total. The second-order valence-corrected chi connectivity index (χ2v) is 9.49. The van der Waals surface area contributed by atoms with Crippen molar-refractivity contribution in [2.24, 2.45) is 18.0 Å². The lowest BCUT2D eigenvalue weighted by molar-refractivity contribution is 0.00928. The van der Waals surface area contributed by atoms with Crippen LogP contribution in [0.5, 0.6) is 0 Å². The quantitative estimate of drug-likeness (QED) is 0.568. The molecule has 0 radical (unpaired) electrons. The summed E-state index contributed by atoms with van der Waals surface area (Å²) >= 11 is 0. The number of aryl methyl sites for hydroxylation is 1. The average Bonchev–Trinajstić information content (AvgIpc) is 3.41. The van der Waals surface area contributed by atoms with Gasteiger partial charge in [0.1, 0.15) is 5.60 Å². The molecule has 2 heterocycles. The maximum Gasteiger partial charge on any atom is 0.410 e. The number of rotatable bonds is 6. The van der Waals surface area contributed by atoms with E-state index in [1.807, 2.05) is 45.1 Å². The normalized spacial score (nSPS) is 18.4. The summed E-state index contributed by atoms with van der Waals surface area (Å²) in [4.78, 5) is 22.0. The fraction of sp³-hybridized carbons (Fsp3) is 0.773. The Morgan fingerprint density at radius 3 is 2.53 bits per heavy atom. The molecule has 3 rings (SSSR count). The lowest BCUT2D eigenvalue weighted by Gasteiger charge is -2.40. The first-order valence-corrected chi connectivity index (χ1v) is 11.3. The highest BCUT2D eigenvalue weighted by Crippen LogP contribution is 2.32. The average molecular weight is 419 g/mol. The van der Waals surface area contributed by atoms with Crippen molar-refractivity contribution in [2.45, 2.75) is 71.6 Å². The van der Waals surface area contributed by atoms with Gasteiger partial charge in [0.15, 0.2) is 5.96 Å². The summed E-state index contributed by atoms with van der Waals surface area (Å²) in [5.41, 5.74) is 0.639. The summed E-state index contributed by atoms with van der Waals surface area (Å²) in [7, 11) is 1.92. The van der Waals surface area contributed by atoms with Crippen LogP contribution < -0.4 is 5.32 Å². The van der Waals surface area contributed by atoms with Crippen molar-refractivity contribution in [3.05, 3.63) is 18.0 Å². The van der Waals surface area contributed by atoms with Gasteiger partial charge in [0.2, 0.25) is 0 Å². The molecule has 0 spiro atoms. The molecular weight excluding hydrogens is 380 g/mol. The number of guanidine groups is 1. The monoisotopic (exact) mass is 418 g/mol. The second-order valence-electron chi connectivity index (χ2n) is 9.49. The Morgan fingerprint density at radius 2 is 2.00 bits per heavy atom. The van der Waals surface area contributed by atoms with E-state index in [0.29, 0.717) is 12.5 Å². The Balaban J connectivity index is 1.60. The highest BCUT2D eigenvalue weighted by molar-refractivity contribution is 5.80. The topological polar surface area (TPSA) is 75.0 Å². The minimum Gasteiger partial charge on any atom is -0.444 e. The number of likely N-dealkylation sites (tertiary alicyclic amines) is 1. The number of carbonyl (C=O) groups is 1. The number of carbonyl (C=O) groups excluding carboxylic acids is 1. The smallest absolute Gasteiger partial charge is 0.410 e. The minimum atomic E-state index is -0.462. The minimum absolute atomic E-state index is 0.162. The van der Waals surface area contributed by atoms with Gasteiger partial charge in [-0.05, 0) is 59.3 Å². The van der Waals surface area contributed by atoms with Crippen LogP contribution in [-0.2, 0) is 18.3 Å². The van der Waals surface area contributed by atoms with Gasteiger partial charge in [-0.1, -0.05) is 0 Å². The first-order chi connectivity index (χ1) is 14.2. The molecule has 8 nitrogen and oxygen atoms in total. The van der Waals surface area contributed by atoms with Crippen molar-refractivity contribution in [2.75, 3.05) is 26.2 Å². The third-order valence-electron chi connectivity index (χ3n) is 5.49. The van der Waals surface area contributed by atoms with E-state index < -0.39 is 5.60 Å². The SMILES string of the molecule is CCNC(=NCc1cnn(C)c1)N1CCC(N(CC2CC2)C(=O)OC(C)(C)C)CC1. The van der Waals surface area contributed by atoms with Crippen molar-refractivity contribution < 1.29 is 9.53 Å². The first kappa shape index (κ1) is 22.4. The molecule has 168 valence electrons. The van der Waals surface area contributed by atoms with E-state index in [-0.39, 0.29) is 12.1 Å². The molecule has 1 aliphatic carbocycles. The summed E-state index contributed by atoms with van der Waals surface area (Å²) in [6.45, 7) is 11.9. The molecule has 30 heavy (non-hydrogen) atoms. The van der Waals surface area contributed by atoms with Gasteiger partial charge in [0.25, 0.3) is 0 Å². The Bertz CT molecular complexity index is 726. The van der Waals surface area contributed by atoms with Crippen molar-refractivity contribution in [3.63, 3.8) is 0 Å². The van der Waals surface area contributed by atoms with Crippen LogP contribution in [0.25, 0.3) is 0 Å². The van der Waals surface area contributed by atoms with Crippen LogP contribution in [0.2, 0.25) is 0 Å². The van der Waals surface area contributed by atoms with Crippen molar-refractivity contribution >= 4 is 12.1 Å². The van der Waals surface area contributed by atoms with E-state index in [4.69, 9.17) is 9.73 Å². The second kappa shape index (κ2) is 9.71. The Kier molecular flexibility index (Phi) is 7.26. The highest BCUT2D eigenvalue weighted by Gasteiger charge is 2.35. The van der Waals surface area contributed by atoms with Gasteiger partial charge in [-0.15, -0.1) is 0 Å². The fourth-order valence-corrected chi connectivity index (χ4v) is 3.81. The summed E-state index contributed by atoms with van der Waals surface area (Å²) in [5, 5.41) is 7.63. The van der Waals surface area contributed by atoms with Gasteiger partial charge in [-0.25, -0.2) is 9.79 Å².